The number of nitrogens with one attached hydrogen (secondary N) is 1. The Morgan fingerprint density at radius 2 is 1.90 bits per heavy atom. The fourth-order valence-corrected chi connectivity index (χ4v) is 4.76. The van der Waals surface area contributed by atoms with E-state index in [9.17, 15) is 9.59 Å². The Morgan fingerprint density at radius 3 is 2.68 bits per heavy atom. The number of nitrogens with zero attached hydrogens (tertiary/aromatic N) is 3. The maximum Gasteiger partial charge on any atom is 0.226 e. The van der Waals surface area contributed by atoms with Crippen LogP contribution in [0.2, 0.25) is 5.02 Å². The van der Waals surface area contributed by atoms with Gasteiger partial charge in [-0.2, -0.15) is 0 Å². The largest absolute Gasteiger partial charge is 0.495 e. The van der Waals surface area contributed by atoms with Crippen molar-refractivity contribution >= 4 is 55.8 Å². The number of amides is 2. The maximum absolute atomic E-state index is 12.6. The normalized spacial score (nSPS) is 14.0. The van der Waals surface area contributed by atoms with Gasteiger partial charge in [-0.05, 0) is 30.3 Å². The second-order valence-corrected chi connectivity index (χ2v) is 8.69. The molecule has 1 saturated heterocycles. The van der Waals surface area contributed by atoms with Crippen molar-refractivity contribution in [2.24, 2.45) is 0 Å². The van der Waals surface area contributed by atoms with E-state index >= 15 is 0 Å². The summed E-state index contributed by atoms with van der Waals surface area (Å²) in [5, 5.41) is 3.93. The first-order valence-electron chi connectivity index (χ1n) is 10.0. The molecule has 1 N–H and O–H groups in total. The molecule has 7 nitrogen and oxygen atoms in total. The van der Waals surface area contributed by atoms with E-state index in [0.717, 1.165) is 34.7 Å². The Balaban J connectivity index is 1.25. The molecule has 0 spiro atoms. The number of aromatic nitrogens is 1. The Hall–Kier alpha value is -2.84. The minimum Gasteiger partial charge on any atom is -0.495 e. The van der Waals surface area contributed by atoms with Crippen molar-refractivity contribution in [1.29, 1.82) is 0 Å². The Kier molecular flexibility index (Phi) is 6.58. The van der Waals surface area contributed by atoms with E-state index in [-0.39, 0.29) is 24.7 Å². The predicted octanol–water partition coefficient (Wildman–Crippen LogP) is 4.03. The summed E-state index contributed by atoms with van der Waals surface area (Å²) in [6.45, 7) is 2.70. The van der Waals surface area contributed by atoms with Crippen molar-refractivity contribution < 1.29 is 14.3 Å². The number of piperazine rings is 1. The van der Waals surface area contributed by atoms with Crippen molar-refractivity contribution in [3.63, 3.8) is 0 Å². The topological polar surface area (TPSA) is 74.8 Å². The van der Waals surface area contributed by atoms with E-state index in [0.29, 0.717) is 23.2 Å². The standard InChI is InChI=1S/C22H23ClN4O3S/c1-30-18-5-3-2-4-17(18)26-10-12-27(13-11-26)21(29)9-8-20(28)25-22-24-16-7-6-15(23)14-19(16)31-22/h2-7,14H,8-13H2,1H3,(H,24,25,28). The van der Waals surface area contributed by atoms with E-state index in [1.54, 1.807) is 13.2 Å². The molecule has 31 heavy (non-hydrogen) atoms. The lowest BCUT2D eigenvalue weighted by atomic mass is 10.2. The smallest absolute Gasteiger partial charge is 0.226 e. The summed E-state index contributed by atoms with van der Waals surface area (Å²) >= 11 is 7.36. The molecule has 1 fully saturated rings. The fraction of sp³-hybridized carbons (Fsp3) is 0.318. The molecule has 162 valence electrons. The van der Waals surface area contributed by atoms with Gasteiger partial charge >= 0.3 is 0 Å². The Bertz CT molecular complexity index is 1100. The number of anilines is 2. The zero-order valence-electron chi connectivity index (χ0n) is 17.1. The highest BCUT2D eigenvalue weighted by molar-refractivity contribution is 7.22. The number of ether oxygens (including phenoxy) is 1. The summed E-state index contributed by atoms with van der Waals surface area (Å²) in [4.78, 5) is 33.3. The second kappa shape index (κ2) is 9.53. The highest BCUT2D eigenvalue weighted by Gasteiger charge is 2.23. The predicted molar refractivity (Wildman–Crippen MR) is 124 cm³/mol. The summed E-state index contributed by atoms with van der Waals surface area (Å²) in [6, 6.07) is 13.3. The lowest BCUT2D eigenvalue weighted by Gasteiger charge is -2.36. The Labute approximate surface area is 189 Å². The van der Waals surface area contributed by atoms with Crippen LogP contribution in [0.15, 0.2) is 42.5 Å². The van der Waals surface area contributed by atoms with Crippen molar-refractivity contribution in [2.45, 2.75) is 12.8 Å². The number of fused-ring (bicyclic) bond motifs is 1. The number of carbonyl (C=O) groups excluding carboxylic acids is 2. The number of methoxy groups -OCH3 is 1. The van der Waals surface area contributed by atoms with E-state index in [1.807, 2.05) is 41.3 Å². The van der Waals surface area contributed by atoms with Gasteiger partial charge in [-0.3, -0.25) is 9.59 Å². The van der Waals surface area contributed by atoms with Crippen LogP contribution >= 0.6 is 22.9 Å². The van der Waals surface area contributed by atoms with Crippen LogP contribution < -0.4 is 15.0 Å². The molecule has 0 aliphatic carbocycles. The van der Waals surface area contributed by atoms with Crippen LogP contribution in [0.25, 0.3) is 10.2 Å². The first kappa shape index (κ1) is 21.4. The molecule has 0 bridgehead atoms. The number of rotatable bonds is 6. The lowest BCUT2D eigenvalue weighted by Crippen LogP contribution is -2.49. The van der Waals surface area contributed by atoms with Crippen LogP contribution in [0.5, 0.6) is 5.75 Å². The maximum atomic E-state index is 12.6. The van der Waals surface area contributed by atoms with Crippen LogP contribution in [0.4, 0.5) is 10.8 Å². The Morgan fingerprint density at radius 1 is 1.13 bits per heavy atom. The van der Waals surface area contributed by atoms with Crippen LogP contribution in [-0.2, 0) is 9.59 Å². The van der Waals surface area contributed by atoms with Gasteiger partial charge in [0.05, 0.1) is 23.0 Å². The molecule has 0 radical (unpaired) electrons. The van der Waals surface area contributed by atoms with Crippen molar-refractivity contribution in [2.75, 3.05) is 43.5 Å². The molecule has 0 unspecified atom stereocenters. The number of carbonyl (C=O) groups is 2. The monoisotopic (exact) mass is 458 g/mol. The van der Waals surface area contributed by atoms with Gasteiger partial charge in [0.15, 0.2) is 5.13 Å². The van der Waals surface area contributed by atoms with Crippen LogP contribution in [0.3, 0.4) is 0 Å². The number of benzene rings is 2. The van der Waals surface area contributed by atoms with Crippen molar-refractivity contribution in [1.82, 2.24) is 9.88 Å². The van der Waals surface area contributed by atoms with Gasteiger partial charge in [-0.1, -0.05) is 35.1 Å². The van der Waals surface area contributed by atoms with E-state index in [2.05, 4.69) is 15.2 Å². The number of thiazole rings is 1. The summed E-state index contributed by atoms with van der Waals surface area (Å²) in [5.74, 6) is 0.605. The van der Waals surface area contributed by atoms with Gasteiger partial charge in [-0.25, -0.2) is 4.98 Å². The molecule has 2 aromatic carbocycles. The van der Waals surface area contributed by atoms with Crippen LogP contribution in [0.1, 0.15) is 12.8 Å². The van der Waals surface area contributed by atoms with Crippen molar-refractivity contribution in [3.05, 3.63) is 47.5 Å². The van der Waals surface area contributed by atoms with Gasteiger partial charge in [0.1, 0.15) is 5.75 Å². The van der Waals surface area contributed by atoms with Gasteiger partial charge < -0.3 is 19.9 Å². The van der Waals surface area contributed by atoms with Gasteiger partial charge in [0, 0.05) is 44.0 Å². The summed E-state index contributed by atoms with van der Waals surface area (Å²) in [6.07, 6.45) is 0.305. The summed E-state index contributed by atoms with van der Waals surface area (Å²) < 4.78 is 6.34. The zero-order valence-corrected chi connectivity index (χ0v) is 18.7. The van der Waals surface area contributed by atoms with Gasteiger partial charge in [-0.15, -0.1) is 0 Å². The van der Waals surface area contributed by atoms with Gasteiger partial charge in [0.25, 0.3) is 0 Å². The average Bonchev–Trinajstić information content (AvgIpc) is 3.18. The molecule has 3 aromatic rings. The zero-order chi connectivity index (χ0) is 21.8. The molecule has 1 aliphatic heterocycles. The third-order valence-corrected chi connectivity index (χ3v) is 6.39. The molecule has 1 aromatic heterocycles. The minimum atomic E-state index is -0.217. The molecule has 0 atom stereocenters. The van der Waals surface area contributed by atoms with Crippen LogP contribution in [0, 0.1) is 0 Å². The molecular formula is C22H23ClN4O3S. The van der Waals surface area contributed by atoms with Crippen LogP contribution in [-0.4, -0.2) is 55.0 Å². The summed E-state index contributed by atoms with van der Waals surface area (Å²) in [5.41, 5.74) is 1.82. The third kappa shape index (κ3) is 5.08. The molecule has 4 rings (SSSR count). The molecule has 0 saturated carbocycles. The number of para-hydroxylation sites is 2. The van der Waals surface area contributed by atoms with Crippen molar-refractivity contribution in [3.8, 4) is 5.75 Å². The van der Waals surface area contributed by atoms with E-state index in [4.69, 9.17) is 16.3 Å². The molecule has 2 amide bonds. The fourth-order valence-electron chi connectivity index (χ4n) is 3.60. The second-order valence-electron chi connectivity index (χ2n) is 7.22. The first-order chi connectivity index (χ1) is 15.0. The van der Waals surface area contributed by atoms with E-state index in [1.165, 1.54) is 11.3 Å². The minimum absolute atomic E-state index is 0.00842. The SMILES string of the molecule is COc1ccccc1N1CCN(C(=O)CCC(=O)Nc2nc3ccc(Cl)cc3s2)CC1. The number of hydrogen-bond donors (Lipinski definition) is 1. The number of halogens is 1. The van der Waals surface area contributed by atoms with Gasteiger partial charge in [0.2, 0.25) is 11.8 Å². The quantitative estimate of drug-likeness (QED) is 0.603. The molecule has 2 heterocycles. The number of hydrogen-bond acceptors (Lipinski definition) is 6. The van der Waals surface area contributed by atoms with E-state index < -0.39 is 0 Å². The first-order valence-corrected chi connectivity index (χ1v) is 11.2. The summed E-state index contributed by atoms with van der Waals surface area (Å²) in [7, 11) is 1.66. The highest BCUT2D eigenvalue weighted by atomic mass is 35.5. The lowest BCUT2D eigenvalue weighted by molar-refractivity contribution is -0.133. The highest BCUT2D eigenvalue weighted by Crippen LogP contribution is 2.29. The molecular weight excluding hydrogens is 436 g/mol. The third-order valence-electron chi connectivity index (χ3n) is 5.22. The molecule has 1 aliphatic rings. The molecule has 9 heteroatoms. The average molecular weight is 459 g/mol.